The van der Waals surface area contributed by atoms with Gasteiger partial charge in [0.15, 0.2) is 0 Å². The molecule has 0 aromatic carbocycles. The van der Waals surface area contributed by atoms with Gasteiger partial charge in [0.1, 0.15) is 5.38 Å². The normalized spacial score (nSPS) is 12.5. The zero-order valence-electron chi connectivity index (χ0n) is 7.53. The van der Waals surface area contributed by atoms with Crippen molar-refractivity contribution in [2.45, 2.75) is 18.8 Å². The summed E-state index contributed by atoms with van der Waals surface area (Å²) in [5.74, 6) is -0.0744. The first kappa shape index (κ1) is 10.5. The molecule has 1 heterocycles. The number of nitrogens with zero attached hydrogens (tertiary/aromatic N) is 2. The van der Waals surface area contributed by atoms with Crippen LogP contribution in [0.25, 0.3) is 0 Å². The predicted molar refractivity (Wildman–Crippen MR) is 53.9 cm³/mol. The third kappa shape index (κ3) is 2.97. The van der Waals surface area contributed by atoms with Crippen molar-refractivity contribution in [2.24, 2.45) is 0 Å². The molecule has 1 rings (SSSR count). The summed E-state index contributed by atoms with van der Waals surface area (Å²) in [5, 5.41) is 1.45. The molecule has 0 aliphatic carbocycles. The molecule has 0 radical (unpaired) electrons. The maximum Gasteiger partial charge on any atom is 0.240 e. The molecule has 0 N–H and O–H groups in total. The number of halogens is 1. The molecule has 13 heavy (non-hydrogen) atoms. The second-order valence-corrected chi connectivity index (χ2v) is 4.16. The molecular formula is C8H11ClN2OS. The topological polar surface area (TPSA) is 33.2 Å². The van der Waals surface area contributed by atoms with Gasteiger partial charge in [-0.05, 0) is 6.92 Å². The van der Waals surface area contributed by atoms with Crippen molar-refractivity contribution < 1.29 is 4.79 Å². The van der Waals surface area contributed by atoms with Gasteiger partial charge in [0, 0.05) is 12.4 Å². The first-order valence-electron chi connectivity index (χ1n) is 3.87. The van der Waals surface area contributed by atoms with Crippen LogP contribution < -0.4 is 0 Å². The van der Waals surface area contributed by atoms with Crippen LogP contribution in [0.15, 0.2) is 10.9 Å². The first-order chi connectivity index (χ1) is 6.11. The van der Waals surface area contributed by atoms with Gasteiger partial charge >= 0.3 is 0 Å². The van der Waals surface area contributed by atoms with Crippen molar-refractivity contribution in [3.05, 3.63) is 16.6 Å². The van der Waals surface area contributed by atoms with Gasteiger partial charge in [-0.15, -0.1) is 22.9 Å². The number of amides is 1. The highest BCUT2D eigenvalue weighted by molar-refractivity contribution is 7.07. The third-order valence-corrected chi connectivity index (χ3v) is 2.42. The van der Waals surface area contributed by atoms with Gasteiger partial charge in [0.2, 0.25) is 5.91 Å². The second-order valence-electron chi connectivity index (χ2n) is 2.79. The summed E-state index contributed by atoms with van der Waals surface area (Å²) >= 11 is 7.17. The van der Waals surface area contributed by atoms with Crippen LogP contribution in [0.1, 0.15) is 12.6 Å². The molecule has 0 bridgehead atoms. The molecule has 1 atom stereocenters. The summed E-state index contributed by atoms with van der Waals surface area (Å²) in [7, 11) is 1.72. The number of carbonyl (C=O) groups is 1. The molecule has 1 amide bonds. The van der Waals surface area contributed by atoms with Crippen LogP contribution in [0.3, 0.4) is 0 Å². The van der Waals surface area contributed by atoms with E-state index in [9.17, 15) is 4.79 Å². The molecule has 3 nitrogen and oxygen atoms in total. The van der Waals surface area contributed by atoms with Crippen molar-refractivity contribution in [1.82, 2.24) is 9.88 Å². The molecule has 1 aromatic heterocycles. The Kier molecular flexibility index (Phi) is 3.69. The summed E-state index contributed by atoms with van der Waals surface area (Å²) in [6.07, 6.45) is 0. The highest BCUT2D eigenvalue weighted by atomic mass is 35.5. The van der Waals surface area contributed by atoms with Crippen molar-refractivity contribution in [1.29, 1.82) is 0 Å². The predicted octanol–water partition coefficient (Wildman–Crippen LogP) is 1.73. The number of carbonyl (C=O) groups excluding carboxylic acids is 1. The van der Waals surface area contributed by atoms with Gasteiger partial charge in [0.25, 0.3) is 0 Å². The summed E-state index contributed by atoms with van der Waals surface area (Å²) < 4.78 is 0. The number of aromatic nitrogens is 1. The Morgan fingerprint density at radius 2 is 2.54 bits per heavy atom. The number of hydrogen-bond acceptors (Lipinski definition) is 3. The van der Waals surface area contributed by atoms with E-state index in [1.807, 2.05) is 5.38 Å². The minimum Gasteiger partial charge on any atom is -0.339 e. The lowest BCUT2D eigenvalue weighted by atomic mass is 10.3. The molecular weight excluding hydrogens is 208 g/mol. The second kappa shape index (κ2) is 4.58. The van der Waals surface area contributed by atoms with E-state index >= 15 is 0 Å². The summed E-state index contributed by atoms with van der Waals surface area (Å²) in [5.41, 5.74) is 2.65. The fourth-order valence-electron chi connectivity index (χ4n) is 0.940. The van der Waals surface area contributed by atoms with Gasteiger partial charge in [-0.25, -0.2) is 4.98 Å². The number of rotatable bonds is 3. The molecule has 0 saturated heterocycles. The Morgan fingerprint density at radius 1 is 1.85 bits per heavy atom. The Morgan fingerprint density at radius 3 is 3.00 bits per heavy atom. The molecule has 0 spiro atoms. The van der Waals surface area contributed by atoms with Gasteiger partial charge < -0.3 is 4.90 Å². The van der Waals surface area contributed by atoms with Crippen molar-refractivity contribution in [3.63, 3.8) is 0 Å². The van der Waals surface area contributed by atoms with Gasteiger partial charge in [0.05, 0.1) is 17.7 Å². The standard InChI is InChI=1S/C8H11ClN2OS/c1-6(9)8(12)11(2)3-7-4-13-5-10-7/h4-6H,3H2,1-2H3. The monoisotopic (exact) mass is 218 g/mol. The quantitative estimate of drug-likeness (QED) is 0.724. The molecule has 0 saturated carbocycles. The van der Waals surface area contributed by atoms with Crippen LogP contribution in [0, 0.1) is 0 Å². The first-order valence-corrected chi connectivity index (χ1v) is 5.25. The van der Waals surface area contributed by atoms with Crippen LogP contribution in [0.4, 0.5) is 0 Å². The maximum absolute atomic E-state index is 11.3. The number of thiazole rings is 1. The SMILES string of the molecule is CC(Cl)C(=O)N(C)Cc1cscn1. The average molecular weight is 219 g/mol. The smallest absolute Gasteiger partial charge is 0.240 e. The zero-order valence-corrected chi connectivity index (χ0v) is 9.10. The van der Waals surface area contributed by atoms with Crippen molar-refractivity contribution in [2.75, 3.05) is 7.05 Å². The third-order valence-electron chi connectivity index (χ3n) is 1.60. The van der Waals surface area contributed by atoms with Crippen LogP contribution in [-0.4, -0.2) is 28.2 Å². The number of alkyl halides is 1. The van der Waals surface area contributed by atoms with Gasteiger partial charge in [-0.3, -0.25) is 4.79 Å². The molecule has 72 valence electrons. The fourth-order valence-corrected chi connectivity index (χ4v) is 1.66. The summed E-state index contributed by atoms with van der Waals surface area (Å²) in [6, 6.07) is 0. The Hall–Kier alpha value is -0.610. The summed E-state index contributed by atoms with van der Waals surface area (Å²) in [6.45, 7) is 2.20. The fraction of sp³-hybridized carbons (Fsp3) is 0.500. The van der Waals surface area contributed by atoms with E-state index in [0.717, 1.165) is 5.69 Å². The summed E-state index contributed by atoms with van der Waals surface area (Å²) in [4.78, 5) is 17.0. The molecule has 1 unspecified atom stereocenters. The maximum atomic E-state index is 11.3. The van der Waals surface area contributed by atoms with E-state index in [-0.39, 0.29) is 5.91 Å². The molecule has 0 aliphatic rings. The Balaban J connectivity index is 2.51. The highest BCUT2D eigenvalue weighted by Crippen LogP contribution is 2.06. The minimum absolute atomic E-state index is 0.0744. The molecule has 0 fully saturated rings. The average Bonchev–Trinajstić information content (AvgIpc) is 2.55. The van der Waals surface area contributed by atoms with Crippen LogP contribution in [0.5, 0.6) is 0 Å². The zero-order chi connectivity index (χ0) is 9.84. The lowest BCUT2D eigenvalue weighted by molar-refractivity contribution is -0.129. The van der Waals surface area contributed by atoms with E-state index in [1.54, 1.807) is 24.4 Å². The van der Waals surface area contributed by atoms with Crippen LogP contribution in [0.2, 0.25) is 0 Å². The van der Waals surface area contributed by atoms with E-state index in [4.69, 9.17) is 11.6 Å². The molecule has 5 heteroatoms. The van der Waals surface area contributed by atoms with E-state index in [2.05, 4.69) is 4.98 Å². The highest BCUT2D eigenvalue weighted by Gasteiger charge is 2.15. The lowest BCUT2D eigenvalue weighted by Crippen LogP contribution is -2.31. The molecule has 0 aliphatic heterocycles. The van der Waals surface area contributed by atoms with Crippen LogP contribution >= 0.6 is 22.9 Å². The largest absolute Gasteiger partial charge is 0.339 e. The van der Waals surface area contributed by atoms with Crippen molar-refractivity contribution in [3.8, 4) is 0 Å². The number of hydrogen-bond donors (Lipinski definition) is 0. The Labute approximate surface area is 86.3 Å². The lowest BCUT2D eigenvalue weighted by Gasteiger charge is -2.16. The van der Waals surface area contributed by atoms with E-state index in [0.29, 0.717) is 6.54 Å². The van der Waals surface area contributed by atoms with Gasteiger partial charge in [-0.2, -0.15) is 0 Å². The molecule has 1 aromatic rings. The van der Waals surface area contributed by atoms with Crippen molar-refractivity contribution >= 4 is 28.8 Å². The van der Waals surface area contributed by atoms with E-state index in [1.165, 1.54) is 11.3 Å². The van der Waals surface area contributed by atoms with Gasteiger partial charge in [-0.1, -0.05) is 0 Å². The minimum atomic E-state index is -0.469. The van der Waals surface area contributed by atoms with Crippen LogP contribution in [-0.2, 0) is 11.3 Å². The Bertz CT molecular complexity index is 274. The van der Waals surface area contributed by atoms with E-state index < -0.39 is 5.38 Å².